The topological polar surface area (TPSA) is 29.3 Å². The molecule has 15 heavy (non-hydrogen) atoms. The van der Waals surface area contributed by atoms with Crippen LogP contribution in [0, 0.1) is 5.92 Å². The van der Waals surface area contributed by atoms with Crippen molar-refractivity contribution in [2.75, 3.05) is 13.1 Å². The largest absolute Gasteiger partial charge is 0.326 e. The molecule has 0 spiro atoms. The maximum atomic E-state index is 6.17. The molecule has 2 fully saturated rings. The van der Waals surface area contributed by atoms with Gasteiger partial charge >= 0.3 is 0 Å². The van der Waals surface area contributed by atoms with Crippen LogP contribution in [-0.4, -0.2) is 29.6 Å². The lowest BCUT2D eigenvalue weighted by Crippen LogP contribution is -2.50. The molecule has 88 valence electrons. The van der Waals surface area contributed by atoms with Crippen LogP contribution in [0.2, 0.25) is 0 Å². The molecule has 2 N–H and O–H groups in total. The highest BCUT2D eigenvalue weighted by atomic mass is 15.2. The first-order valence-electron chi connectivity index (χ1n) is 6.61. The van der Waals surface area contributed by atoms with E-state index in [2.05, 4.69) is 18.7 Å². The van der Waals surface area contributed by atoms with Gasteiger partial charge in [0.25, 0.3) is 0 Å². The highest BCUT2D eigenvalue weighted by Crippen LogP contribution is 2.31. The van der Waals surface area contributed by atoms with Gasteiger partial charge < -0.3 is 5.73 Å². The molecule has 1 aliphatic heterocycles. The van der Waals surface area contributed by atoms with E-state index in [1.807, 2.05) is 0 Å². The van der Waals surface area contributed by atoms with E-state index in [4.69, 9.17) is 5.73 Å². The Morgan fingerprint density at radius 2 is 1.80 bits per heavy atom. The molecule has 0 aromatic rings. The molecule has 0 aromatic carbocycles. The molecule has 2 rings (SSSR count). The quantitative estimate of drug-likeness (QED) is 0.758. The minimum absolute atomic E-state index is 0.234. The van der Waals surface area contributed by atoms with Crippen LogP contribution in [0.1, 0.15) is 52.4 Å². The van der Waals surface area contributed by atoms with Crippen molar-refractivity contribution in [3.05, 3.63) is 0 Å². The van der Waals surface area contributed by atoms with E-state index in [1.54, 1.807) is 0 Å². The fourth-order valence-electron chi connectivity index (χ4n) is 3.18. The summed E-state index contributed by atoms with van der Waals surface area (Å²) in [6.07, 6.45) is 8.43. The maximum Gasteiger partial charge on any atom is 0.0304 e. The van der Waals surface area contributed by atoms with Crippen LogP contribution in [0.3, 0.4) is 0 Å². The summed E-state index contributed by atoms with van der Waals surface area (Å²) < 4.78 is 0. The van der Waals surface area contributed by atoms with Gasteiger partial charge in [0.2, 0.25) is 0 Å². The lowest BCUT2D eigenvalue weighted by atomic mass is 9.87. The van der Waals surface area contributed by atoms with E-state index in [9.17, 15) is 0 Å². The van der Waals surface area contributed by atoms with Crippen LogP contribution in [0.15, 0.2) is 0 Å². The first kappa shape index (κ1) is 11.4. The highest BCUT2D eigenvalue weighted by Gasteiger charge is 2.39. The molecule has 2 nitrogen and oxygen atoms in total. The van der Waals surface area contributed by atoms with Crippen molar-refractivity contribution in [2.45, 2.75) is 64.0 Å². The van der Waals surface area contributed by atoms with Crippen molar-refractivity contribution in [3.8, 4) is 0 Å². The second kappa shape index (κ2) is 4.42. The molecule has 1 heterocycles. The van der Waals surface area contributed by atoms with Crippen LogP contribution >= 0.6 is 0 Å². The summed E-state index contributed by atoms with van der Waals surface area (Å²) in [5.74, 6) is 0.948. The van der Waals surface area contributed by atoms with Gasteiger partial charge in [-0.25, -0.2) is 0 Å². The lowest BCUT2D eigenvalue weighted by Gasteiger charge is -2.37. The Kier molecular flexibility index (Phi) is 3.36. The van der Waals surface area contributed by atoms with Crippen LogP contribution in [-0.2, 0) is 0 Å². The molecule has 0 aromatic heterocycles. The van der Waals surface area contributed by atoms with Crippen molar-refractivity contribution in [2.24, 2.45) is 11.7 Å². The van der Waals surface area contributed by atoms with Crippen molar-refractivity contribution in [3.63, 3.8) is 0 Å². The molecule has 1 aliphatic carbocycles. The maximum absolute atomic E-state index is 6.17. The monoisotopic (exact) mass is 210 g/mol. The van der Waals surface area contributed by atoms with E-state index < -0.39 is 0 Å². The van der Waals surface area contributed by atoms with Gasteiger partial charge in [0, 0.05) is 24.7 Å². The fraction of sp³-hybridized carbons (Fsp3) is 1.00. The average Bonchev–Trinajstić information content (AvgIpc) is 2.47. The molecule has 1 saturated heterocycles. The van der Waals surface area contributed by atoms with E-state index in [1.165, 1.54) is 51.6 Å². The summed E-state index contributed by atoms with van der Waals surface area (Å²) in [5.41, 5.74) is 6.40. The molecule has 0 radical (unpaired) electrons. The number of hydrogen-bond acceptors (Lipinski definition) is 2. The Labute approximate surface area is 94.2 Å². The van der Waals surface area contributed by atoms with Gasteiger partial charge in [0.05, 0.1) is 0 Å². The van der Waals surface area contributed by atoms with Gasteiger partial charge in [0.1, 0.15) is 0 Å². The molecule has 1 saturated carbocycles. The second-order valence-corrected chi connectivity index (χ2v) is 6.00. The summed E-state index contributed by atoms with van der Waals surface area (Å²) in [4.78, 5) is 2.63. The van der Waals surface area contributed by atoms with Gasteiger partial charge in [0.15, 0.2) is 0 Å². The predicted octanol–water partition coefficient (Wildman–Crippen LogP) is 2.38. The molecule has 1 atom stereocenters. The summed E-state index contributed by atoms with van der Waals surface area (Å²) in [7, 11) is 0. The number of hydrogen-bond donors (Lipinski definition) is 1. The molecular formula is C13H26N2. The summed E-state index contributed by atoms with van der Waals surface area (Å²) >= 11 is 0. The predicted molar refractivity (Wildman–Crippen MR) is 64.8 cm³/mol. The number of nitrogens with zero attached hydrogens (tertiary/aromatic N) is 1. The zero-order valence-corrected chi connectivity index (χ0v) is 10.3. The SMILES string of the molecule is CC1(C)C(N)CCN1CC1CCCCC1. The van der Waals surface area contributed by atoms with Crippen molar-refractivity contribution < 1.29 is 0 Å². The van der Waals surface area contributed by atoms with E-state index in [-0.39, 0.29) is 5.54 Å². The first-order valence-corrected chi connectivity index (χ1v) is 6.61. The van der Waals surface area contributed by atoms with Crippen molar-refractivity contribution in [1.82, 2.24) is 4.90 Å². The van der Waals surface area contributed by atoms with Crippen molar-refractivity contribution >= 4 is 0 Å². The van der Waals surface area contributed by atoms with Crippen LogP contribution < -0.4 is 5.73 Å². The Morgan fingerprint density at radius 3 is 2.33 bits per heavy atom. The van der Waals surface area contributed by atoms with Crippen molar-refractivity contribution in [1.29, 1.82) is 0 Å². The molecule has 2 heteroatoms. The molecule has 1 unspecified atom stereocenters. The third-order valence-electron chi connectivity index (χ3n) is 4.64. The third-order valence-corrected chi connectivity index (χ3v) is 4.64. The highest BCUT2D eigenvalue weighted by molar-refractivity contribution is 4.98. The second-order valence-electron chi connectivity index (χ2n) is 6.00. The van der Waals surface area contributed by atoms with Crippen LogP contribution in [0.25, 0.3) is 0 Å². The number of rotatable bonds is 2. The van der Waals surface area contributed by atoms with Gasteiger partial charge in [-0.3, -0.25) is 4.90 Å². The smallest absolute Gasteiger partial charge is 0.0304 e. The average molecular weight is 210 g/mol. The Bertz CT molecular complexity index is 207. The lowest BCUT2D eigenvalue weighted by molar-refractivity contribution is 0.124. The van der Waals surface area contributed by atoms with Crippen LogP contribution in [0.4, 0.5) is 0 Å². The standard InChI is InChI=1S/C13H26N2/c1-13(2)12(14)8-9-15(13)10-11-6-4-3-5-7-11/h11-12H,3-10,14H2,1-2H3. The minimum atomic E-state index is 0.234. The van der Waals surface area contributed by atoms with Gasteiger partial charge in [-0.15, -0.1) is 0 Å². The van der Waals surface area contributed by atoms with E-state index in [0.29, 0.717) is 6.04 Å². The fourth-order valence-corrected chi connectivity index (χ4v) is 3.18. The molecule has 0 bridgehead atoms. The third kappa shape index (κ3) is 2.36. The van der Waals surface area contributed by atoms with Gasteiger partial charge in [-0.05, 0) is 39.0 Å². The van der Waals surface area contributed by atoms with Gasteiger partial charge in [-0.2, -0.15) is 0 Å². The molecular weight excluding hydrogens is 184 g/mol. The number of likely N-dealkylation sites (tertiary alicyclic amines) is 1. The number of nitrogens with two attached hydrogens (primary N) is 1. The summed E-state index contributed by atoms with van der Waals surface area (Å²) in [6, 6.07) is 0.376. The molecule has 2 aliphatic rings. The Hall–Kier alpha value is -0.0800. The molecule has 0 amide bonds. The normalized spacial score (nSPS) is 33.4. The van der Waals surface area contributed by atoms with Crippen LogP contribution in [0.5, 0.6) is 0 Å². The summed E-state index contributed by atoms with van der Waals surface area (Å²) in [6.45, 7) is 7.13. The van der Waals surface area contributed by atoms with E-state index >= 15 is 0 Å². The first-order chi connectivity index (χ1) is 7.10. The Morgan fingerprint density at radius 1 is 1.13 bits per heavy atom. The van der Waals surface area contributed by atoms with E-state index in [0.717, 1.165) is 5.92 Å². The minimum Gasteiger partial charge on any atom is -0.326 e. The van der Waals surface area contributed by atoms with Gasteiger partial charge in [-0.1, -0.05) is 19.3 Å². The summed E-state index contributed by atoms with van der Waals surface area (Å²) in [5, 5.41) is 0. The Balaban J connectivity index is 1.88. The zero-order valence-electron chi connectivity index (χ0n) is 10.3. The zero-order chi connectivity index (χ0) is 10.9.